The van der Waals surface area contributed by atoms with Crippen LogP contribution in [0.5, 0.6) is 0 Å². The number of carbonyl (C=O) groups is 1. The van der Waals surface area contributed by atoms with Crippen molar-refractivity contribution in [3.05, 3.63) is 24.0 Å². The van der Waals surface area contributed by atoms with Gasteiger partial charge in [-0.1, -0.05) is 12.8 Å². The van der Waals surface area contributed by atoms with Crippen LogP contribution in [0.3, 0.4) is 0 Å². The molecule has 0 spiro atoms. The fraction of sp³-hybridized carbons (Fsp3) is 0.625. The summed E-state index contributed by atoms with van der Waals surface area (Å²) < 4.78 is 0. The molecule has 1 aromatic heterocycles. The van der Waals surface area contributed by atoms with Crippen molar-refractivity contribution in [1.82, 2.24) is 9.88 Å². The summed E-state index contributed by atoms with van der Waals surface area (Å²) in [7, 11) is 5.58. The van der Waals surface area contributed by atoms with E-state index in [0.717, 1.165) is 18.7 Å². The van der Waals surface area contributed by atoms with Crippen molar-refractivity contribution in [2.75, 3.05) is 32.6 Å². The minimum Gasteiger partial charge on any atom is -0.371 e. The Labute approximate surface area is 127 Å². The first-order valence-corrected chi connectivity index (χ1v) is 7.65. The van der Waals surface area contributed by atoms with Gasteiger partial charge in [-0.3, -0.25) is 9.78 Å². The maximum absolute atomic E-state index is 12.0. The molecule has 0 bridgehead atoms. The lowest BCUT2D eigenvalue weighted by molar-refractivity contribution is 0.0822. The van der Waals surface area contributed by atoms with Crippen molar-refractivity contribution < 1.29 is 4.79 Å². The Balaban J connectivity index is 2.20. The highest BCUT2D eigenvalue weighted by Gasteiger charge is 2.27. The van der Waals surface area contributed by atoms with Gasteiger partial charge in [0, 0.05) is 39.1 Å². The number of rotatable bonds is 4. The molecule has 1 heterocycles. The molecule has 0 aromatic carbocycles. The number of anilines is 1. The third kappa shape index (κ3) is 3.53. The van der Waals surface area contributed by atoms with Crippen LogP contribution in [0.4, 0.5) is 5.69 Å². The Morgan fingerprint density at radius 3 is 2.71 bits per heavy atom. The van der Waals surface area contributed by atoms with Gasteiger partial charge in [0.2, 0.25) is 0 Å². The van der Waals surface area contributed by atoms with E-state index in [9.17, 15) is 4.79 Å². The van der Waals surface area contributed by atoms with E-state index in [1.807, 2.05) is 12.1 Å². The number of pyridine rings is 1. The fourth-order valence-electron chi connectivity index (χ4n) is 3.15. The predicted molar refractivity (Wildman–Crippen MR) is 85.5 cm³/mol. The second kappa shape index (κ2) is 6.89. The van der Waals surface area contributed by atoms with Gasteiger partial charge in [0.05, 0.1) is 0 Å². The van der Waals surface area contributed by atoms with E-state index in [2.05, 4.69) is 16.9 Å². The number of hydrogen-bond acceptors (Lipinski definition) is 4. The first kappa shape index (κ1) is 15.8. The summed E-state index contributed by atoms with van der Waals surface area (Å²) in [5, 5.41) is 0. The van der Waals surface area contributed by atoms with Gasteiger partial charge in [0.15, 0.2) is 0 Å². The Bertz CT molecular complexity index is 489. The number of nitrogens with two attached hydrogens (primary N) is 1. The molecule has 1 amide bonds. The number of amides is 1. The molecular weight excluding hydrogens is 264 g/mol. The van der Waals surface area contributed by atoms with Crippen molar-refractivity contribution in [2.45, 2.75) is 31.7 Å². The van der Waals surface area contributed by atoms with Crippen LogP contribution >= 0.6 is 0 Å². The van der Waals surface area contributed by atoms with E-state index in [1.54, 1.807) is 25.2 Å². The number of hydrogen-bond donors (Lipinski definition) is 1. The van der Waals surface area contributed by atoms with Gasteiger partial charge in [-0.25, -0.2) is 0 Å². The minimum atomic E-state index is -0.0655. The van der Waals surface area contributed by atoms with Gasteiger partial charge in [-0.15, -0.1) is 0 Å². The summed E-state index contributed by atoms with van der Waals surface area (Å²) in [6.07, 6.45) is 6.59. The summed E-state index contributed by atoms with van der Waals surface area (Å²) in [5.41, 5.74) is 7.46. The van der Waals surface area contributed by atoms with Crippen LogP contribution in [0.15, 0.2) is 18.3 Å². The predicted octanol–water partition coefficient (Wildman–Crippen LogP) is 1.74. The monoisotopic (exact) mass is 290 g/mol. The first-order chi connectivity index (χ1) is 10.0. The molecule has 0 radical (unpaired) electrons. The number of aromatic nitrogens is 1. The molecule has 0 saturated heterocycles. The molecule has 1 saturated carbocycles. The zero-order valence-electron chi connectivity index (χ0n) is 13.2. The van der Waals surface area contributed by atoms with Gasteiger partial charge >= 0.3 is 0 Å². The minimum absolute atomic E-state index is 0.0655. The SMILES string of the molecule is CN(C)C(=O)c1cc(N(C)C2CCCCC2CN)ccn1. The average molecular weight is 290 g/mol. The topological polar surface area (TPSA) is 62.5 Å². The molecule has 2 atom stereocenters. The summed E-state index contributed by atoms with van der Waals surface area (Å²) in [6, 6.07) is 4.30. The second-order valence-electron chi connectivity index (χ2n) is 6.06. The van der Waals surface area contributed by atoms with Gasteiger partial charge in [0.25, 0.3) is 5.91 Å². The van der Waals surface area contributed by atoms with E-state index in [-0.39, 0.29) is 5.91 Å². The van der Waals surface area contributed by atoms with E-state index in [4.69, 9.17) is 5.73 Å². The lowest BCUT2D eigenvalue weighted by atomic mass is 9.83. The van der Waals surface area contributed by atoms with E-state index < -0.39 is 0 Å². The van der Waals surface area contributed by atoms with Crippen molar-refractivity contribution >= 4 is 11.6 Å². The molecular formula is C16H26N4O. The maximum Gasteiger partial charge on any atom is 0.272 e. The molecule has 5 nitrogen and oxygen atoms in total. The average Bonchev–Trinajstić information content (AvgIpc) is 2.53. The largest absolute Gasteiger partial charge is 0.371 e. The smallest absolute Gasteiger partial charge is 0.272 e. The third-order valence-corrected chi connectivity index (χ3v) is 4.45. The van der Waals surface area contributed by atoms with Crippen LogP contribution in [0.2, 0.25) is 0 Å². The van der Waals surface area contributed by atoms with Crippen LogP contribution in [-0.4, -0.2) is 49.5 Å². The highest BCUT2D eigenvalue weighted by Crippen LogP contribution is 2.30. The molecule has 1 aromatic rings. The lowest BCUT2D eigenvalue weighted by Gasteiger charge is -2.39. The molecule has 1 aliphatic rings. The zero-order valence-corrected chi connectivity index (χ0v) is 13.2. The standard InChI is InChI=1S/C16H26N4O/c1-19(2)16(21)14-10-13(8-9-18-14)20(3)15-7-5-4-6-12(15)11-17/h8-10,12,15H,4-7,11,17H2,1-3H3. The van der Waals surface area contributed by atoms with Crippen molar-refractivity contribution in [2.24, 2.45) is 11.7 Å². The quantitative estimate of drug-likeness (QED) is 0.917. The van der Waals surface area contributed by atoms with E-state index >= 15 is 0 Å². The Hall–Kier alpha value is -1.62. The molecule has 2 rings (SSSR count). The van der Waals surface area contributed by atoms with Crippen LogP contribution in [0.25, 0.3) is 0 Å². The van der Waals surface area contributed by atoms with Gasteiger partial charge in [-0.05, 0) is 37.4 Å². The molecule has 116 valence electrons. The summed E-state index contributed by atoms with van der Waals surface area (Å²) in [4.78, 5) is 20.0. The summed E-state index contributed by atoms with van der Waals surface area (Å²) in [5.74, 6) is 0.467. The molecule has 2 N–H and O–H groups in total. The third-order valence-electron chi connectivity index (χ3n) is 4.45. The Kier molecular flexibility index (Phi) is 5.17. The van der Waals surface area contributed by atoms with Gasteiger partial charge < -0.3 is 15.5 Å². The number of nitrogens with zero attached hydrogens (tertiary/aromatic N) is 3. The Morgan fingerprint density at radius 1 is 1.33 bits per heavy atom. The molecule has 5 heteroatoms. The van der Waals surface area contributed by atoms with Crippen LogP contribution in [0, 0.1) is 5.92 Å². The van der Waals surface area contributed by atoms with Crippen LogP contribution in [-0.2, 0) is 0 Å². The number of carbonyl (C=O) groups excluding carboxylic acids is 1. The lowest BCUT2D eigenvalue weighted by Crippen LogP contribution is -2.43. The highest BCUT2D eigenvalue weighted by molar-refractivity contribution is 5.92. The van der Waals surface area contributed by atoms with Crippen LogP contribution in [0.1, 0.15) is 36.2 Å². The van der Waals surface area contributed by atoms with Crippen molar-refractivity contribution in [3.8, 4) is 0 Å². The molecule has 21 heavy (non-hydrogen) atoms. The second-order valence-corrected chi connectivity index (χ2v) is 6.06. The molecule has 0 aliphatic heterocycles. The summed E-state index contributed by atoms with van der Waals surface area (Å²) >= 11 is 0. The van der Waals surface area contributed by atoms with Gasteiger partial charge in [-0.2, -0.15) is 0 Å². The van der Waals surface area contributed by atoms with E-state index in [0.29, 0.717) is 17.7 Å². The zero-order chi connectivity index (χ0) is 15.4. The Morgan fingerprint density at radius 2 is 2.05 bits per heavy atom. The molecule has 1 fully saturated rings. The van der Waals surface area contributed by atoms with Gasteiger partial charge in [0.1, 0.15) is 5.69 Å². The molecule has 1 aliphatic carbocycles. The highest BCUT2D eigenvalue weighted by atomic mass is 16.2. The fourth-order valence-corrected chi connectivity index (χ4v) is 3.15. The van der Waals surface area contributed by atoms with Crippen molar-refractivity contribution in [1.29, 1.82) is 0 Å². The first-order valence-electron chi connectivity index (χ1n) is 7.65. The summed E-state index contributed by atoms with van der Waals surface area (Å²) in [6.45, 7) is 0.726. The van der Waals surface area contributed by atoms with Crippen LogP contribution < -0.4 is 10.6 Å². The normalized spacial score (nSPS) is 21.9. The van der Waals surface area contributed by atoms with Crippen molar-refractivity contribution in [3.63, 3.8) is 0 Å². The maximum atomic E-state index is 12.0. The van der Waals surface area contributed by atoms with E-state index in [1.165, 1.54) is 19.3 Å². The molecule has 2 unspecified atom stereocenters.